The third-order valence-electron chi connectivity index (χ3n) is 5.76. The van der Waals surface area contributed by atoms with E-state index in [0.717, 1.165) is 37.2 Å². The van der Waals surface area contributed by atoms with Crippen LogP contribution in [0.1, 0.15) is 30.0 Å². The molecule has 2 aliphatic heterocycles. The molecule has 0 radical (unpaired) electrons. The van der Waals surface area contributed by atoms with Crippen LogP contribution in [0.2, 0.25) is 0 Å². The van der Waals surface area contributed by atoms with E-state index in [4.69, 9.17) is 9.47 Å². The van der Waals surface area contributed by atoms with Crippen molar-refractivity contribution < 1.29 is 17.9 Å². The average molecular weight is 417 g/mol. The minimum Gasteiger partial charge on any atom is -0.497 e. The highest BCUT2D eigenvalue weighted by Gasteiger charge is 2.28. The maximum Gasteiger partial charge on any atom is 0.243 e. The van der Waals surface area contributed by atoms with Gasteiger partial charge in [-0.05, 0) is 54.8 Å². The maximum absolute atomic E-state index is 13.0. The molecule has 7 heteroatoms. The highest BCUT2D eigenvalue weighted by molar-refractivity contribution is 7.89. The van der Waals surface area contributed by atoms with Gasteiger partial charge in [0, 0.05) is 25.7 Å². The van der Waals surface area contributed by atoms with Crippen LogP contribution in [0.4, 0.5) is 0 Å². The Bertz CT molecular complexity index is 924. The fourth-order valence-electron chi connectivity index (χ4n) is 4.19. The van der Waals surface area contributed by atoms with E-state index < -0.39 is 10.0 Å². The maximum atomic E-state index is 13.0. The van der Waals surface area contributed by atoms with Crippen molar-refractivity contribution in [2.75, 3.05) is 40.0 Å². The molecule has 2 aromatic carbocycles. The highest BCUT2D eigenvalue weighted by Crippen LogP contribution is 2.34. The molecule has 1 atom stereocenters. The molecule has 0 spiro atoms. The SMILES string of the molecule is COc1ccc([C@@H]2CCCN2Cc2cccc(S(=O)(=O)N3CCOCC3)c2)cc1. The van der Waals surface area contributed by atoms with Crippen molar-refractivity contribution in [3.8, 4) is 5.75 Å². The Kier molecular flexibility index (Phi) is 6.20. The van der Waals surface area contributed by atoms with E-state index in [9.17, 15) is 8.42 Å². The van der Waals surface area contributed by atoms with Crippen LogP contribution in [0.25, 0.3) is 0 Å². The van der Waals surface area contributed by atoms with Gasteiger partial charge >= 0.3 is 0 Å². The van der Waals surface area contributed by atoms with Gasteiger partial charge < -0.3 is 9.47 Å². The minimum absolute atomic E-state index is 0.348. The summed E-state index contributed by atoms with van der Waals surface area (Å²) in [6, 6.07) is 16.0. The number of hydrogen-bond donors (Lipinski definition) is 0. The lowest BCUT2D eigenvalue weighted by Crippen LogP contribution is -2.40. The standard InChI is InChI=1S/C22H28N2O4S/c1-27-20-9-7-19(8-10-20)22-6-3-11-23(22)17-18-4-2-5-21(16-18)29(25,26)24-12-14-28-15-13-24/h2,4-5,7-10,16,22H,3,6,11-15,17H2,1H3/t22-/m0/s1. The van der Waals surface area contributed by atoms with Gasteiger partial charge in [0.2, 0.25) is 10.0 Å². The van der Waals surface area contributed by atoms with Crippen LogP contribution < -0.4 is 4.74 Å². The summed E-state index contributed by atoms with van der Waals surface area (Å²) in [6.07, 6.45) is 2.25. The van der Waals surface area contributed by atoms with Gasteiger partial charge in [0.15, 0.2) is 0 Å². The van der Waals surface area contributed by atoms with Gasteiger partial charge in [-0.2, -0.15) is 4.31 Å². The molecule has 2 fully saturated rings. The second kappa shape index (κ2) is 8.83. The molecule has 2 aliphatic rings. The lowest BCUT2D eigenvalue weighted by molar-refractivity contribution is 0.0730. The molecule has 156 valence electrons. The Morgan fingerprint density at radius 1 is 1.07 bits per heavy atom. The molecule has 6 nitrogen and oxygen atoms in total. The van der Waals surface area contributed by atoms with Crippen LogP contribution in [-0.4, -0.2) is 57.6 Å². The van der Waals surface area contributed by atoms with Crippen LogP contribution >= 0.6 is 0 Å². The van der Waals surface area contributed by atoms with Crippen molar-refractivity contribution >= 4 is 10.0 Å². The van der Waals surface area contributed by atoms with E-state index in [1.165, 1.54) is 9.87 Å². The van der Waals surface area contributed by atoms with E-state index in [1.807, 2.05) is 30.3 Å². The summed E-state index contributed by atoms with van der Waals surface area (Å²) in [5, 5.41) is 0. The number of likely N-dealkylation sites (tertiary alicyclic amines) is 1. The van der Waals surface area contributed by atoms with Gasteiger partial charge in [-0.1, -0.05) is 24.3 Å². The number of nitrogens with zero attached hydrogens (tertiary/aromatic N) is 2. The van der Waals surface area contributed by atoms with Crippen molar-refractivity contribution in [2.45, 2.75) is 30.3 Å². The molecule has 0 aromatic heterocycles. The zero-order valence-electron chi connectivity index (χ0n) is 16.8. The predicted molar refractivity (Wildman–Crippen MR) is 111 cm³/mol. The number of sulfonamides is 1. The fraction of sp³-hybridized carbons (Fsp3) is 0.455. The number of hydrogen-bond acceptors (Lipinski definition) is 5. The molecule has 0 saturated carbocycles. The van der Waals surface area contributed by atoms with Crippen molar-refractivity contribution in [1.82, 2.24) is 9.21 Å². The number of ether oxygens (including phenoxy) is 2. The molecule has 2 saturated heterocycles. The van der Waals surface area contributed by atoms with Gasteiger partial charge in [0.25, 0.3) is 0 Å². The summed E-state index contributed by atoms with van der Waals surface area (Å²) in [7, 11) is -1.80. The van der Waals surface area contributed by atoms with E-state index >= 15 is 0 Å². The topological polar surface area (TPSA) is 59.1 Å². The van der Waals surface area contributed by atoms with Gasteiger partial charge in [0.05, 0.1) is 25.2 Å². The van der Waals surface area contributed by atoms with Gasteiger partial charge in [-0.15, -0.1) is 0 Å². The van der Waals surface area contributed by atoms with Crippen LogP contribution in [0.15, 0.2) is 53.4 Å². The van der Waals surface area contributed by atoms with Crippen LogP contribution in [0.3, 0.4) is 0 Å². The monoisotopic (exact) mass is 416 g/mol. The molecule has 0 bridgehead atoms. The zero-order chi connectivity index (χ0) is 20.3. The van der Waals surface area contributed by atoms with Crippen molar-refractivity contribution in [3.63, 3.8) is 0 Å². The van der Waals surface area contributed by atoms with Gasteiger partial charge in [-0.3, -0.25) is 4.90 Å². The smallest absolute Gasteiger partial charge is 0.243 e. The van der Waals surface area contributed by atoms with Gasteiger partial charge in [0.1, 0.15) is 5.75 Å². The first-order chi connectivity index (χ1) is 14.1. The Hall–Kier alpha value is -1.93. The molecule has 0 amide bonds. The summed E-state index contributed by atoms with van der Waals surface area (Å²) >= 11 is 0. The molecule has 2 heterocycles. The Morgan fingerprint density at radius 2 is 1.83 bits per heavy atom. The Balaban J connectivity index is 1.51. The lowest BCUT2D eigenvalue weighted by atomic mass is 10.0. The summed E-state index contributed by atoms with van der Waals surface area (Å²) < 4.78 is 38.0. The quantitative estimate of drug-likeness (QED) is 0.724. The number of rotatable bonds is 6. The normalized spacial score (nSPS) is 21.3. The molecule has 0 unspecified atom stereocenters. The van der Waals surface area contributed by atoms with E-state index in [-0.39, 0.29) is 0 Å². The fourth-order valence-corrected chi connectivity index (χ4v) is 5.67. The van der Waals surface area contributed by atoms with Gasteiger partial charge in [-0.25, -0.2) is 8.42 Å². The molecule has 0 aliphatic carbocycles. The third kappa shape index (κ3) is 4.48. The first kappa shape index (κ1) is 20.3. The Morgan fingerprint density at radius 3 is 2.55 bits per heavy atom. The summed E-state index contributed by atoms with van der Waals surface area (Å²) in [5.41, 5.74) is 2.31. The zero-order valence-corrected chi connectivity index (χ0v) is 17.6. The van der Waals surface area contributed by atoms with E-state index in [0.29, 0.717) is 37.2 Å². The highest BCUT2D eigenvalue weighted by atomic mass is 32.2. The summed E-state index contributed by atoms with van der Waals surface area (Å²) in [6.45, 7) is 3.49. The van der Waals surface area contributed by atoms with Crippen LogP contribution in [0, 0.1) is 0 Å². The number of benzene rings is 2. The van der Waals surface area contributed by atoms with Crippen molar-refractivity contribution in [2.24, 2.45) is 0 Å². The largest absolute Gasteiger partial charge is 0.497 e. The van der Waals surface area contributed by atoms with E-state index in [2.05, 4.69) is 17.0 Å². The number of morpholine rings is 1. The average Bonchev–Trinajstić information content (AvgIpc) is 3.22. The molecule has 2 aromatic rings. The minimum atomic E-state index is -3.47. The molecule has 4 rings (SSSR count). The third-order valence-corrected chi connectivity index (χ3v) is 7.65. The van der Waals surface area contributed by atoms with Crippen molar-refractivity contribution in [1.29, 1.82) is 0 Å². The molecular formula is C22H28N2O4S. The molecular weight excluding hydrogens is 388 g/mol. The second-order valence-electron chi connectivity index (χ2n) is 7.57. The summed E-state index contributed by atoms with van der Waals surface area (Å²) in [5.74, 6) is 0.860. The lowest BCUT2D eigenvalue weighted by Gasteiger charge is -2.27. The first-order valence-corrected chi connectivity index (χ1v) is 11.6. The van der Waals surface area contributed by atoms with Crippen LogP contribution in [0.5, 0.6) is 5.75 Å². The number of methoxy groups -OCH3 is 1. The summed E-state index contributed by atoms with van der Waals surface area (Å²) in [4.78, 5) is 2.81. The molecule has 0 N–H and O–H groups in total. The Labute approximate surface area is 173 Å². The molecule has 29 heavy (non-hydrogen) atoms. The predicted octanol–water partition coefficient (Wildman–Crippen LogP) is 3.05. The van der Waals surface area contributed by atoms with E-state index in [1.54, 1.807) is 13.2 Å². The van der Waals surface area contributed by atoms with Crippen molar-refractivity contribution in [3.05, 3.63) is 59.7 Å². The second-order valence-corrected chi connectivity index (χ2v) is 9.50. The first-order valence-electron chi connectivity index (χ1n) is 10.1. The van der Waals surface area contributed by atoms with Crippen LogP contribution in [-0.2, 0) is 21.3 Å².